The van der Waals surface area contributed by atoms with E-state index in [1.165, 1.54) is 4.90 Å². The third kappa shape index (κ3) is 6.22. The summed E-state index contributed by atoms with van der Waals surface area (Å²) in [6.07, 6.45) is 0.182. The fraction of sp³-hybridized carbons (Fsp3) is 0.750. The normalized spacial score (nSPS) is 11.6. The molecule has 6 heteroatoms. The van der Waals surface area contributed by atoms with Gasteiger partial charge in [-0.25, -0.2) is 0 Å². The molecule has 0 aliphatic carbocycles. The molecule has 0 aromatic heterocycles. The first-order chi connectivity index (χ1) is 8.42. The summed E-state index contributed by atoms with van der Waals surface area (Å²) in [5.41, 5.74) is 0. The molecule has 0 aromatic carbocycles. The van der Waals surface area contributed by atoms with Crippen LogP contribution in [-0.2, 0) is 19.1 Å². The van der Waals surface area contributed by atoms with Crippen molar-refractivity contribution in [3.63, 3.8) is 0 Å². The molecular weight excluding hydrogens is 236 g/mol. The van der Waals surface area contributed by atoms with Crippen LogP contribution in [0.2, 0.25) is 0 Å². The highest BCUT2D eigenvalue weighted by Crippen LogP contribution is 2.02. The fourth-order valence-corrected chi connectivity index (χ4v) is 1.47. The molecule has 1 N–H and O–H groups in total. The van der Waals surface area contributed by atoms with Gasteiger partial charge in [0.05, 0.1) is 18.9 Å². The summed E-state index contributed by atoms with van der Waals surface area (Å²) >= 11 is 0. The second kappa shape index (κ2) is 8.49. The zero-order chi connectivity index (χ0) is 14.1. The van der Waals surface area contributed by atoms with E-state index in [4.69, 9.17) is 4.74 Å². The van der Waals surface area contributed by atoms with Crippen molar-refractivity contribution in [2.75, 3.05) is 27.2 Å². The summed E-state index contributed by atoms with van der Waals surface area (Å²) in [6, 6.07) is 0. The molecule has 1 atom stereocenters. The fourth-order valence-electron chi connectivity index (χ4n) is 1.47. The van der Waals surface area contributed by atoms with Gasteiger partial charge < -0.3 is 15.0 Å². The molecule has 0 aliphatic heterocycles. The van der Waals surface area contributed by atoms with Crippen LogP contribution in [0.5, 0.6) is 0 Å². The molecule has 0 fully saturated rings. The van der Waals surface area contributed by atoms with Crippen molar-refractivity contribution in [3.05, 3.63) is 0 Å². The number of nitrogens with one attached hydrogen (secondary N) is 1. The van der Waals surface area contributed by atoms with E-state index in [0.29, 0.717) is 13.2 Å². The lowest BCUT2D eigenvalue weighted by Crippen LogP contribution is -2.37. The van der Waals surface area contributed by atoms with E-state index in [9.17, 15) is 14.4 Å². The van der Waals surface area contributed by atoms with Crippen LogP contribution < -0.4 is 5.32 Å². The van der Waals surface area contributed by atoms with Gasteiger partial charge in [-0.1, -0.05) is 6.92 Å². The Hall–Kier alpha value is -1.59. The van der Waals surface area contributed by atoms with Gasteiger partial charge in [-0.05, 0) is 6.92 Å². The highest BCUT2D eigenvalue weighted by Gasteiger charge is 2.17. The number of amides is 2. The molecule has 0 aliphatic rings. The van der Waals surface area contributed by atoms with Crippen LogP contribution in [0.3, 0.4) is 0 Å². The average molecular weight is 258 g/mol. The number of carbonyl (C=O) groups excluding carboxylic acids is 3. The van der Waals surface area contributed by atoms with Crippen molar-refractivity contribution < 1.29 is 19.1 Å². The van der Waals surface area contributed by atoms with Crippen LogP contribution in [0.15, 0.2) is 0 Å². The largest absolute Gasteiger partial charge is 0.466 e. The van der Waals surface area contributed by atoms with Crippen molar-refractivity contribution >= 4 is 17.8 Å². The van der Waals surface area contributed by atoms with Gasteiger partial charge in [0.1, 0.15) is 0 Å². The standard InChI is InChI=1S/C12H22N2O4/c1-5-18-11(16)7-6-10(15)14(4)8-9(2)12(17)13-3/h9H,5-8H2,1-4H3,(H,13,17). The van der Waals surface area contributed by atoms with E-state index in [-0.39, 0.29) is 36.5 Å². The molecule has 0 saturated heterocycles. The molecule has 0 radical (unpaired) electrons. The van der Waals surface area contributed by atoms with Crippen molar-refractivity contribution in [3.8, 4) is 0 Å². The molecule has 18 heavy (non-hydrogen) atoms. The molecule has 0 bridgehead atoms. The average Bonchev–Trinajstić information content (AvgIpc) is 2.34. The number of hydrogen-bond acceptors (Lipinski definition) is 4. The summed E-state index contributed by atoms with van der Waals surface area (Å²) < 4.78 is 4.73. The highest BCUT2D eigenvalue weighted by molar-refractivity contribution is 5.82. The summed E-state index contributed by atoms with van der Waals surface area (Å²) in [5, 5.41) is 2.52. The van der Waals surface area contributed by atoms with Crippen molar-refractivity contribution in [2.24, 2.45) is 5.92 Å². The van der Waals surface area contributed by atoms with Crippen LogP contribution in [0.4, 0.5) is 0 Å². The van der Waals surface area contributed by atoms with Crippen molar-refractivity contribution in [1.82, 2.24) is 10.2 Å². The molecule has 6 nitrogen and oxygen atoms in total. The molecule has 0 spiro atoms. The van der Waals surface area contributed by atoms with Gasteiger partial charge in [-0.15, -0.1) is 0 Å². The minimum Gasteiger partial charge on any atom is -0.466 e. The summed E-state index contributed by atoms with van der Waals surface area (Å²) in [7, 11) is 3.17. The molecular formula is C12H22N2O4. The van der Waals surface area contributed by atoms with Crippen LogP contribution in [-0.4, -0.2) is 49.9 Å². The summed E-state index contributed by atoms with van der Waals surface area (Å²) in [6.45, 7) is 4.11. The molecule has 0 rings (SSSR count). The molecule has 0 heterocycles. The van der Waals surface area contributed by atoms with E-state index in [0.717, 1.165) is 0 Å². The Morgan fingerprint density at radius 1 is 1.28 bits per heavy atom. The molecule has 104 valence electrons. The van der Waals surface area contributed by atoms with E-state index in [2.05, 4.69) is 5.32 Å². The molecule has 0 aromatic rings. The lowest BCUT2D eigenvalue weighted by molar-refractivity contribution is -0.145. The predicted molar refractivity (Wildman–Crippen MR) is 66.7 cm³/mol. The maximum Gasteiger partial charge on any atom is 0.306 e. The summed E-state index contributed by atoms with van der Waals surface area (Å²) in [4.78, 5) is 35.5. The monoisotopic (exact) mass is 258 g/mol. The third-order valence-corrected chi connectivity index (χ3v) is 2.52. The topological polar surface area (TPSA) is 75.7 Å². The Balaban J connectivity index is 4.03. The predicted octanol–water partition coefficient (Wildman–Crippen LogP) is 0.170. The second-order valence-electron chi connectivity index (χ2n) is 4.09. The Kier molecular flexibility index (Phi) is 7.74. The number of carbonyl (C=O) groups is 3. The first-order valence-corrected chi connectivity index (χ1v) is 6.03. The lowest BCUT2D eigenvalue weighted by atomic mass is 10.1. The zero-order valence-corrected chi connectivity index (χ0v) is 11.5. The quantitative estimate of drug-likeness (QED) is 0.660. The van der Waals surface area contributed by atoms with Gasteiger partial charge in [0.2, 0.25) is 11.8 Å². The van der Waals surface area contributed by atoms with Crippen LogP contribution in [0.25, 0.3) is 0 Å². The van der Waals surface area contributed by atoms with Crippen molar-refractivity contribution in [2.45, 2.75) is 26.7 Å². The Morgan fingerprint density at radius 3 is 2.39 bits per heavy atom. The number of ether oxygens (including phenoxy) is 1. The van der Waals surface area contributed by atoms with E-state index in [1.54, 1.807) is 27.9 Å². The van der Waals surface area contributed by atoms with Gasteiger partial charge in [-0.2, -0.15) is 0 Å². The molecule has 1 unspecified atom stereocenters. The van der Waals surface area contributed by atoms with Crippen molar-refractivity contribution in [1.29, 1.82) is 0 Å². The molecule has 0 saturated carbocycles. The maximum absolute atomic E-state index is 11.7. The number of rotatable bonds is 7. The SMILES string of the molecule is CCOC(=O)CCC(=O)N(C)CC(C)C(=O)NC. The van der Waals surface area contributed by atoms with E-state index in [1.807, 2.05) is 0 Å². The Labute approximate surface area is 108 Å². The minimum atomic E-state index is -0.376. The van der Waals surface area contributed by atoms with Gasteiger partial charge in [-0.3, -0.25) is 14.4 Å². The van der Waals surface area contributed by atoms with Gasteiger partial charge in [0.25, 0.3) is 0 Å². The number of hydrogen-bond donors (Lipinski definition) is 1. The van der Waals surface area contributed by atoms with Crippen LogP contribution in [0.1, 0.15) is 26.7 Å². The first-order valence-electron chi connectivity index (χ1n) is 6.03. The Morgan fingerprint density at radius 2 is 1.89 bits per heavy atom. The number of nitrogens with zero attached hydrogens (tertiary/aromatic N) is 1. The summed E-state index contributed by atoms with van der Waals surface area (Å²) in [5.74, 6) is -0.927. The number of esters is 1. The third-order valence-electron chi connectivity index (χ3n) is 2.52. The van der Waals surface area contributed by atoms with E-state index >= 15 is 0 Å². The Bertz CT molecular complexity index is 304. The van der Waals surface area contributed by atoms with E-state index < -0.39 is 0 Å². The maximum atomic E-state index is 11.7. The van der Waals surface area contributed by atoms with Gasteiger partial charge in [0, 0.05) is 27.1 Å². The van der Waals surface area contributed by atoms with Gasteiger partial charge >= 0.3 is 5.97 Å². The molecule has 2 amide bonds. The minimum absolute atomic E-state index is 0.0748. The smallest absolute Gasteiger partial charge is 0.306 e. The first kappa shape index (κ1) is 16.4. The zero-order valence-electron chi connectivity index (χ0n) is 11.5. The highest BCUT2D eigenvalue weighted by atomic mass is 16.5. The lowest BCUT2D eigenvalue weighted by Gasteiger charge is -2.20. The van der Waals surface area contributed by atoms with Gasteiger partial charge in [0.15, 0.2) is 0 Å². The van der Waals surface area contributed by atoms with Crippen LogP contribution in [0, 0.1) is 5.92 Å². The van der Waals surface area contributed by atoms with Crippen LogP contribution >= 0.6 is 0 Å². The second-order valence-corrected chi connectivity index (χ2v) is 4.09.